The summed E-state index contributed by atoms with van der Waals surface area (Å²) in [5.74, 6) is 0.291. The number of aromatic nitrogens is 2. The van der Waals surface area contributed by atoms with Crippen LogP contribution in [0.5, 0.6) is 0 Å². The van der Waals surface area contributed by atoms with Gasteiger partial charge in [0.15, 0.2) is 0 Å². The minimum absolute atomic E-state index is 0.0149. The lowest BCUT2D eigenvalue weighted by Crippen LogP contribution is -2.42. The van der Waals surface area contributed by atoms with Crippen LogP contribution in [0, 0.1) is 5.92 Å². The van der Waals surface area contributed by atoms with Gasteiger partial charge < -0.3 is 19.9 Å². The molecule has 0 saturated carbocycles. The van der Waals surface area contributed by atoms with E-state index in [4.69, 9.17) is 4.74 Å². The largest absolute Gasteiger partial charge is 0.444 e. The topological polar surface area (TPSA) is 87.3 Å². The summed E-state index contributed by atoms with van der Waals surface area (Å²) in [6.07, 6.45) is 1.36. The van der Waals surface area contributed by atoms with Crippen molar-refractivity contribution >= 4 is 22.8 Å². The minimum atomic E-state index is -0.509. The van der Waals surface area contributed by atoms with E-state index < -0.39 is 5.60 Å². The van der Waals surface area contributed by atoms with Gasteiger partial charge >= 0.3 is 6.09 Å². The van der Waals surface area contributed by atoms with Gasteiger partial charge in [-0.1, -0.05) is 6.92 Å². The lowest BCUT2D eigenvalue weighted by Gasteiger charge is -2.23. The van der Waals surface area contributed by atoms with E-state index in [0.717, 1.165) is 17.6 Å². The lowest BCUT2D eigenvalue weighted by atomic mass is 10.1. The quantitative estimate of drug-likeness (QED) is 0.873. The summed E-state index contributed by atoms with van der Waals surface area (Å²) in [5.41, 5.74) is 0.876. The molecule has 2 N–H and O–H groups in total. The average Bonchev–Trinajstić information content (AvgIpc) is 2.85. The number of ether oxygens (including phenoxy) is 1. The number of amides is 1. The number of hydrogen-bond donors (Lipinski definition) is 2. The predicted octanol–water partition coefficient (Wildman–Crippen LogP) is 2.27. The highest BCUT2D eigenvalue weighted by molar-refractivity contribution is 5.78. The zero-order chi connectivity index (χ0) is 18.2. The second kappa shape index (κ2) is 6.38. The first-order valence-electron chi connectivity index (χ1n) is 8.45. The van der Waals surface area contributed by atoms with Crippen molar-refractivity contribution in [2.45, 2.75) is 39.3 Å². The molecule has 2 aromatic rings. The Kier molecular flexibility index (Phi) is 4.41. The highest BCUT2D eigenvalue weighted by Crippen LogP contribution is 2.25. The number of pyridine rings is 2. The smallest absolute Gasteiger partial charge is 0.407 e. The molecular weight excluding hydrogens is 320 g/mol. The third kappa shape index (κ3) is 4.10. The van der Waals surface area contributed by atoms with Crippen molar-refractivity contribution in [3.05, 3.63) is 34.7 Å². The third-order valence-electron chi connectivity index (χ3n) is 4.24. The SMILES string of the molecule is C[C@@H]1CN(c2cnc3[nH]c(=O)ccc3c2)C[C@H]1NC(=O)OC(C)(C)C. The van der Waals surface area contributed by atoms with E-state index in [1.807, 2.05) is 26.8 Å². The molecule has 1 amide bonds. The van der Waals surface area contributed by atoms with Crippen LogP contribution in [0.25, 0.3) is 11.0 Å². The molecule has 3 heterocycles. The Morgan fingerprint density at radius 2 is 2.12 bits per heavy atom. The predicted molar refractivity (Wildman–Crippen MR) is 96.9 cm³/mol. The van der Waals surface area contributed by atoms with Crippen molar-refractivity contribution in [1.29, 1.82) is 0 Å². The average molecular weight is 344 g/mol. The summed E-state index contributed by atoms with van der Waals surface area (Å²) >= 11 is 0. The number of anilines is 1. The molecule has 0 aliphatic carbocycles. The van der Waals surface area contributed by atoms with Crippen molar-refractivity contribution < 1.29 is 9.53 Å². The van der Waals surface area contributed by atoms with Crippen molar-refractivity contribution in [3.8, 4) is 0 Å². The van der Waals surface area contributed by atoms with Gasteiger partial charge in [-0.15, -0.1) is 0 Å². The van der Waals surface area contributed by atoms with Crippen molar-refractivity contribution in [2.75, 3.05) is 18.0 Å². The number of nitrogens with one attached hydrogen (secondary N) is 2. The molecule has 1 aliphatic heterocycles. The van der Waals surface area contributed by atoms with Crippen LogP contribution in [0.15, 0.2) is 29.2 Å². The molecule has 1 aliphatic rings. The van der Waals surface area contributed by atoms with Gasteiger partial charge in [0.05, 0.1) is 17.9 Å². The molecule has 7 nitrogen and oxygen atoms in total. The number of fused-ring (bicyclic) bond motifs is 1. The molecule has 0 spiro atoms. The molecule has 0 bridgehead atoms. The molecule has 0 unspecified atom stereocenters. The fourth-order valence-corrected chi connectivity index (χ4v) is 3.02. The maximum atomic E-state index is 12.0. The first-order chi connectivity index (χ1) is 11.7. The summed E-state index contributed by atoms with van der Waals surface area (Å²) < 4.78 is 5.34. The van der Waals surface area contributed by atoms with E-state index >= 15 is 0 Å². The van der Waals surface area contributed by atoms with Gasteiger partial charge in [0.1, 0.15) is 11.2 Å². The van der Waals surface area contributed by atoms with E-state index in [1.165, 1.54) is 6.07 Å². The van der Waals surface area contributed by atoms with Crippen LogP contribution >= 0.6 is 0 Å². The molecule has 3 rings (SSSR count). The van der Waals surface area contributed by atoms with Crippen LogP contribution in [-0.4, -0.2) is 40.8 Å². The summed E-state index contributed by atoms with van der Waals surface area (Å²) in [5, 5.41) is 3.84. The number of H-pyrrole nitrogens is 1. The number of carbonyl (C=O) groups excluding carboxylic acids is 1. The fourth-order valence-electron chi connectivity index (χ4n) is 3.02. The summed E-state index contributed by atoms with van der Waals surface area (Å²) in [6, 6.07) is 5.27. The van der Waals surface area contributed by atoms with Crippen molar-refractivity contribution in [2.24, 2.45) is 5.92 Å². The number of nitrogens with zero attached hydrogens (tertiary/aromatic N) is 2. The van der Waals surface area contributed by atoms with E-state index in [1.54, 1.807) is 12.3 Å². The van der Waals surface area contributed by atoms with E-state index in [2.05, 4.69) is 27.1 Å². The molecule has 7 heteroatoms. The molecule has 0 aromatic carbocycles. The first-order valence-corrected chi connectivity index (χ1v) is 8.45. The van der Waals surface area contributed by atoms with Crippen LogP contribution in [0.2, 0.25) is 0 Å². The second-order valence-corrected chi connectivity index (χ2v) is 7.59. The number of carbonyl (C=O) groups is 1. The third-order valence-corrected chi connectivity index (χ3v) is 4.24. The number of aromatic amines is 1. The van der Waals surface area contributed by atoms with Gasteiger partial charge in [-0.25, -0.2) is 9.78 Å². The minimum Gasteiger partial charge on any atom is -0.444 e. The fraction of sp³-hybridized carbons (Fsp3) is 0.500. The highest BCUT2D eigenvalue weighted by atomic mass is 16.6. The van der Waals surface area contributed by atoms with Gasteiger partial charge in [-0.3, -0.25) is 4.79 Å². The normalized spacial score (nSPS) is 20.7. The van der Waals surface area contributed by atoms with Crippen LogP contribution in [0.3, 0.4) is 0 Å². The van der Waals surface area contributed by atoms with Crippen LogP contribution in [-0.2, 0) is 4.74 Å². The van der Waals surface area contributed by atoms with Gasteiger partial charge in [0.25, 0.3) is 0 Å². The Morgan fingerprint density at radius 3 is 2.84 bits per heavy atom. The van der Waals surface area contributed by atoms with E-state index in [0.29, 0.717) is 18.1 Å². The lowest BCUT2D eigenvalue weighted by molar-refractivity contribution is 0.0499. The van der Waals surface area contributed by atoms with Gasteiger partial charge in [-0.2, -0.15) is 0 Å². The van der Waals surface area contributed by atoms with Crippen LogP contribution < -0.4 is 15.8 Å². The molecule has 1 saturated heterocycles. The Balaban J connectivity index is 1.71. The summed E-state index contributed by atoms with van der Waals surface area (Å²) in [4.78, 5) is 32.6. The van der Waals surface area contributed by atoms with Crippen molar-refractivity contribution in [1.82, 2.24) is 15.3 Å². The molecule has 2 atom stereocenters. The zero-order valence-electron chi connectivity index (χ0n) is 15.0. The Morgan fingerprint density at radius 1 is 1.36 bits per heavy atom. The van der Waals surface area contributed by atoms with E-state index in [-0.39, 0.29) is 17.7 Å². The molecule has 1 fully saturated rings. The molecule has 2 aromatic heterocycles. The molecule has 0 radical (unpaired) electrons. The molecule has 134 valence electrons. The molecular formula is C18H24N4O3. The Labute approximate surface area is 146 Å². The highest BCUT2D eigenvalue weighted by Gasteiger charge is 2.32. The van der Waals surface area contributed by atoms with Crippen LogP contribution in [0.4, 0.5) is 10.5 Å². The zero-order valence-corrected chi connectivity index (χ0v) is 15.0. The maximum absolute atomic E-state index is 12.0. The number of alkyl carbamates (subject to hydrolysis) is 1. The summed E-state index contributed by atoms with van der Waals surface area (Å²) in [6.45, 7) is 9.16. The summed E-state index contributed by atoms with van der Waals surface area (Å²) in [7, 11) is 0. The Bertz CT molecular complexity index is 840. The standard InChI is InChI=1S/C18H24N4O3/c1-11-9-22(10-14(11)20-17(24)25-18(2,3)4)13-7-12-5-6-15(23)21-16(12)19-8-13/h5-8,11,14H,9-10H2,1-4H3,(H,20,24)(H,19,21,23)/t11-,14-/m1/s1. The van der Waals surface area contributed by atoms with Gasteiger partial charge in [0.2, 0.25) is 5.56 Å². The Hall–Kier alpha value is -2.57. The van der Waals surface area contributed by atoms with Crippen molar-refractivity contribution in [3.63, 3.8) is 0 Å². The van der Waals surface area contributed by atoms with Gasteiger partial charge in [-0.05, 0) is 38.8 Å². The first kappa shape index (κ1) is 17.3. The maximum Gasteiger partial charge on any atom is 0.407 e. The second-order valence-electron chi connectivity index (χ2n) is 7.59. The van der Waals surface area contributed by atoms with Crippen LogP contribution in [0.1, 0.15) is 27.7 Å². The van der Waals surface area contributed by atoms with Gasteiger partial charge in [0, 0.05) is 24.5 Å². The van der Waals surface area contributed by atoms with E-state index in [9.17, 15) is 9.59 Å². The molecule has 25 heavy (non-hydrogen) atoms. The monoisotopic (exact) mass is 344 g/mol. The number of hydrogen-bond acceptors (Lipinski definition) is 5. The number of rotatable bonds is 2.